The van der Waals surface area contributed by atoms with Crippen LogP contribution in [0.3, 0.4) is 0 Å². The van der Waals surface area contributed by atoms with E-state index in [-0.39, 0.29) is 75.7 Å². The molecule has 7 nitrogen and oxygen atoms in total. The molecule has 0 fully saturated rings. The summed E-state index contributed by atoms with van der Waals surface area (Å²) in [6.07, 6.45) is 15.2. The van der Waals surface area contributed by atoms with Gasteiger partial charge in [-0.3, -0.25) is 0 Å². The number of benzene rings is 1. The van der Waals surface area contributed by atoms with Crippen LogP contribution in [-0.2, 0) is 19.6 Å². The summed E-state index contributed by atoms with van der Waals surface area (Å²) in [6.45, 7) is 7.69. The Bertz CT molecular complexity index is 897. The van der Waals surface area contributed by atoms with Crippen molar-refractivity contribution in [3.63, 3.8) is 0 Å². The Labute approximate surface area is 252 Å². The molecule has 0 aromatic heterocycles. The van der Waals surface area contributed by atoms with Crippen LogP contribution in [-0.4, -0.2) is 38.1 Å². The van der Waals surface area contributed by atoms with E-state index < -0.39 is 27.0 Å². The second-order valence-corrected chi connectivity index (χ2v) is 9.50. The van der Waals surface area contributed by atoms with Crippen molar-refractivity contribution >= 4 is 22.1 Å². The molecule has 0 aliphatic carbocycles. The van der Waals surface area contributed by atoms with Gasteiger partial charge in [-0.2, -0.15) is 0 Å². The molecule has 0 N–H and O–H groups in total. The number of allylic oxidation sites excluding steroid dienone is 2. The van der Waals surface area contributed by atoms with Crippen LogP contribution >= 0.6 is 0 Å². The minimum Gasteiger partial charge on any atom is -0.744 e. The van der Waals surface area contributed by atoms with Crippen LogP contribution in [0.4, 0.5) is 0 Å². The molecule has 0 saturated heterocycles. The zero-order chi connectivity index (χ0) is 25.2. The Morgan fingerprint density at radius 2 is 1.17 bits per heavy atom. The average Bonchev–Trinajstić information content (AvgIpc) is 2.81. The van der Waals surface area contributed by atoms with Crippen LogP contribution in [0.25, 0.3) is 0 Å². The molecule has 35 heavy (non-hydrogen) atoms. The molecular weight excluding hydrogens is 495 g/mol. The molecule has 0 heterocycles. The SMILES string of the molecule is C=CCCCCCCCOC(=O)c1ccc(S(=O)(=O)[O-])cc1C(=O)OCCCCCCCC=C.[K+]. The van der Waals surface area contributed by atoms with E-state index in [0.29, 0.717) is 12.8 Å². The van der Waals surface area contributed by atoms with Gasteiger partial charge in [-0.25, -0.2) is 18.0 Å². The molecule has 0 aliphatic rings. The minimum absolute atomic E-state index is 0. The summed E-state index contributed by atoms with van der Waals surface area (Å²) in [5, 5.41) is 0. The number of ether oxygens (including phenoxy) is 2. The first-order chi connectivity index (χ1) is 16.3. The van der Waals surface area contributed by atoms with Crippen molar-refractivity contribution in [2.75, 3.05) is 13.2 Å². The fraction of sp³-hybridized carbons (Fsp3) is 0.538. The topological polar surface area (TPSA) is 110 Å². The monoisotopic (exact) mass is 532 g/mol. The molecule has 0 bridgehead atoms. The van der Waals surface area contributed by atoms with Crippen LogP contribution in [0, 0.1) is 0 Å². The van der Waals surface area contributed by atoms with E-state index in [4.69, 9.17) is 9.47 Å². The van der Waals surface area contributed by atoms with Crippen LogP contribution in [0.1, 0.15) is 97.8 Å². The fourth-order valence-electron chi connectivity index (χ4n) is 3.35. The second-order valence-electron chi connectivity index (χ2n) is 8.12. The molecule has 0 amide bonds. The van der Waals surface area contributed by atoms with Crippen LogP contribution in [0.15, 0.2) is 48.4 Å². The average molecular weight is 533 g/mol. The smallest absolute Gasteiger partial charge is 0.744 e. The van der Waals surface area contributed by atoms with E-state index in [0.717, 1.165) is 82.4 Å². The van der Waals surface area contributed by atoms with E-state index in [9.17, 15) is 22.6 Å². The van der Waals surface area contributed by atoms with Crippen LogP contribution in [0.2, 0.25) is 0 Å². The van der Waals surface area contributed by atoms with Gasteiger partial charge >= 0.3 is 63.3 Å². The van der Waals surface area contributed by atoms with E-state index in [2.05, 4.69) is 13.2 Å². The summed E-state index contributed by atoms with van der Waals surface area (Å²) in [4.78, 5) is 24.5. The molecule has 190 valence electrons. The second kappa shape index (κ2) is 20.3. The molecule has 0 aliphatic heterocycles. The third-order valence-electron chi connectivity index (χ3n) is 5.29. The molecule has 0 radical (unpaired) electrons. The van der Waals surface area contributed by atoms with Gasteiger partial charge in [-0.1, -0.05) is 50.7 Å². The Morgan fingerprint density at radius 1 is 0.743 bits per heavy atom. The van der Waals surface area contributed by atoms with Crippen molar-refractivity contribution in [1.82, 2.24) is 0 Å². The van der Waals surface area contributed by atoms with E-state index in [1.165, 1.54) is 0 Å². The van der Waals surface area contributed by atoms with Gasteiger partial charge < -0.3 is 14.0 Å². The van der Waals surface area contributed by atoms with Crippen molar-refractivity contribution in [2.45, 2.75) is 81.9 Å². The maximum atomic E-state index is 12.6. The Hall–Kier alpha value is -0.814. The fourth-order valence-corrected chi connectivity index (χ4v) is 3.85. The summed E-state index contributed by atoms with van der Waals surface area (Å²) in [7, 11) is -4.80. The summed E-state index contributed by atoms with van der Waals surface area (Å²) in [6, 6.07) is 3.01. The summed E-state index contributed by atoms with van der Waals surface area (Å²) < 4.78 is 44.7. The quantitative estimate of drug-likeness (QED) is 0.0886. The van der Waals surface area contributed by atoms with Gasteiger partial charge in [0.05, 0.1) is 29.2 Å². The standard InChI is InChI=1S/C26H38O7S.K/c1-3-5-7-9-11-13-15-19-32-25(27)23-18-17-22(34(29,30)31)21-24(23)26(28)33-20-16-14-12-10-8-6-4-2;/h3-4,17-18,21H,1-2,5-16,19-20H2,(H,29,30,31);/q;+1/p-1. The Balaban J connectivity index is 0.0000116. The maximum Gasteiger partial charge on any atom is 1.00 e. The molecule has 1 aromatic rings. The van der Waals surface area contributed by atoms with Gasteiger partial charge in [0.1, 0.15) is 10.1 Å². The first-order valence-electron chi connectivity index (χ1n) is 12.0. The van der Waals surface area contributed by atoms with Crippen molar-refractivity contribution in [1.29, 1.82) is 0 Å². The molecule has 0 atom stereocenters. The normalized spacial score (nSPS) is 10.8. The third kappa shape index (κ3) is 15.1. The number of unbranched alkanes of at least 4 members (excludes halogenated alkanes) is 10. The zero-order valence-electron chi connectivity index (χ0n) is 21.0. The minimum atomic E-state index is -4.80. The Morgan fingerprint density at radius 3 is 1.63 bits per heavy atom. The predicted molar refractivity (Wildman–Crippen MR) is 131 cm³/mol. The molecule has 9 heteroatoms. The van der Waals surface area contributed by atoms with Gasteiger partial charge in [0.15, 0.2) is 0 Å². The van der Waals surface area contributed by atoms with Gasteiger partial charge in [0, 0.05) is 0 Å². The number of hydrogen-bond acceptors (Lipinski definition) is 7. The maximum absolute atomic E-state index is 12.6. The van der Waals surface area contributed by atoms with Gasteiger partial charge in [-0.05, 0) is 56.7 Å². The first kappa shape index (κ1) is 34.2. The summed E-state index contributed by atoms with van der Waals surface area (Å²) >= 11 is 0. The molecule has 1 rings (SSSR count). The van der Waals surface area contributed by atoms with Gasteiger partial charge in [-0.15, -0.1) is 13.2 Å². The van der Waals surface area contributed by atoms with Crippen molar-refractivity contribution < 1.29 is 83.4 Å². The van der Waals surface area contributed by atoms with Crippen LogP contribution in [0.5, 0.6) is 0 Å². The molecule has 0 unspecified atom stereocenters. The summed E-state index contributed by atoms with van der Waals surface area (Å²) in [5.41, 5.74) is -0.398. The number of carbonyl (C=O) groups excluding carboxylic acids is 2. The predicted octanol–water partition coefficient (Wildman–Crippen LogP) is 2.96. The van der Waals surface area contributed by atoms with Gasteiger partial charge in [0.25, 0.3) is 0 Å². The van der Waals surface area contributed by atoms with Crippen molar-refractivity contribution in [2.24, 2.45) is 0 Å². The van der Waals surface area contributed by atoms with E-state index in [1.54, 1.807) is 0 Å². The summed E-state index contributed by atoms with van der Waals surface area (Å²) in [5.74, 6) is -1.61. The number of esters is 2. The van der Waals surface area contributed by atoms with Crippen LogP contribution < -0.4 is 51.4 Å². The van der Waals surface area contributed by atoms with E-state index >= 15 is 0 Å². The number of rotatable bonds is 19. The zero-order valence-corrected chi connectivity index (χ0v) is 24.9. The first-order valence-corrected chi connectivity index (χ1v) is 13.4. The molecule has 1 aromatic carbocycles. The number of hydrogen-bond donors (Lipinski definition) is 0. The molecule has 0 saturated carbocycles. The van der Waals surface area contributed by atoms with Gasteiger partial charge in [0.2, 0.25) is 0 Å². The van der Waals surface area contributed by atoms with E-state index in [1.807, 2.05) is 12.2 Å². The Kier molecular flexibility index (Phi) is 19.8. The number of carbonyl (C=O) groups is 2. The van der Waals surface area contributed by atoms with Crippen molar-refractivity contribution in [3.8, 4) is 0 Å². The largest absolute Gasteiger partial charge is 1.00 e. The third-order valence-corrected chi connectivity index (χ3v) is 6.12. The van der Waals surface area contributed by atoms with Crippen molar-refractivity contribution in [3.05, 3.63) is 54.6 Å². The molecular formula is C26H37KO7S. The molecule has 0 spiro atoms.